The molecule has 0 unspecified atom stereocenters. The van der Waals surface area contributed by atoms with Gasteiger partial charge in [0.15, 0.2) is 0 Å². The third-order valence-corrected chi connectivity index (χ3v) is 9.40. The molecule has 8 heteroatoms. The average molecular weight is 549 g/mol. The summed E-state index contributed by atoms with van der Waals surface area (Å²) >= 11 is 2.27. The van der Waals surface area contributed by atoms with Gasteiger partial charge in [0.1, 0.15) is 0 Å². The molecule has 37 heavy (non-hydrogen) atoms. The number of hydrogen-bond donors (Lipinski definition) is 0. The first-order chi connectivity index (χ1) is 17.3. The van der Waals surface area contributed by atoms with E-state index in [2.05, 4.69) is 0 Å². The molecular weight excluding hydrogens is 526 g/mol. The number of allylic oxidation sites excluding steroid dienone is 2. The molecule has 5 rings (SSSR count). The molecule has 0 fully saturated rings. The second-order valence-electron chi connectivity index (χ2n) is 9.18. The highest BCUT2D eigenvalue weighted by molar-refractivity contribution is 7.16. The molecule has 0 atom stereocenters. The van der Waals surface area contributed by atoms with Gasteiger partial charge in [0.05, 0.1) is 0 Å². The molecule has 2 aromatic heterocycles. The van der Waals surface area contributed by atoms with Crippen molar-refractivity contribution in [1.29, 1.82) is 0 Å². The summed E-state index contributed by atoms with van der Waals surface area (Å²) < 4.78 is 92.4. The summed E-state index contributed by atoms with van der Waals surface area (Å²) in [7, 11) is 0. The van der Waals surface area contributed by atoms with Gasteiger partial charge >= 0.3 is 17.8 Å². The van der Waals surface area contributed by atoms with Gasteiger partial charge in [-0.05, 0) is 49.9 Å². The molecule has 0 spiro atoms. The predicted molar refractivity (Wildman–Crippen MR) is 140 cm³/mol. The van der Waals surface area contributed by atoms with E-state index in [1.54, 1.807) is 60.7 Å². The van der Waals surface area contributed by atoms with Gasteiger partial charge in [-0.1, -0.05) is 60.7 Å². The molecule has 0 aliphatic heterocycles. The summed E-state index contributed by atoms with van der Waals surface area (Å²) in [6.07, 6.45) is 0. The lowest BCUT2D eigenvalue weighted by Crippen LogP contribution is -2.49. The van der Waals surface area contributed by atoms with E-state index in [-0.39, 0.29) is 32.0 Å². The molecule has 1 aliphatic rings. The van der Waals surface area contributed by atoms with Crippen LogP contribution in [0.25, 0.3) is 32.0 Å². The van der Waals surface area contributed by atoms with Crippen LogP contribution < -0.4 is 0 Å². The van der Waals surface area contributed by atoms with E-state index in [0.717, 1.165) is 22.7 Å². The van der Waals surface area contributed by atoms with Crippen LogP contribution in [0, 0.1) is 27.7 Å². The number of benzene rings is 2. The lowest BCUT2D eigenvalue weighted by atomic mass is 9.90. The zero-order valence-corrected chi connectivity index (χ0v) is 22.0. The Hall–Kier alpha value is -2.84. The van der Waals surface area contributed by atoms with Crippen molar-refractivity contribution in [1.82, 2.24) is 0 Å². The Labute approximate surface area is 218 Å². The molecule has 4 aromatic rings. The smallest absolute Gasteiger partial charge is 0.194 e. The van der Waals surface area contributed by atoms with E-state index in [4.69, 9.17) is 0 Å². The number of aryl methyl sites for hydroxylation is 2. The third kappa shape index (κ3) is 3.56. The molecule has 0 saturated carbocycles. The normalized spacial score (nSPS) is 18.0. The van der Waals surface area contributed by atoms with Crippen molar-refractivity contribution in [2.45, 2.75) is 45.5 Å². The van der Waals surface area contributed by atoms with Crippen LogP contribution in [0.15, 0.2) is 60.7 Å². The maximum Gasteiger partial charge on any atom is 0.380 e. The molecule has 2 aromatic carbocycles. The minimum absolute atomic E-state index is 0.230. The van der Waals surface area contributed by atoms with E-state index in [9.17, 15) is 0 Å². The first-order valence-electron chi connectivity index (χ1n) is 11.5. The van der Waals surface area contributed by atoms with Gasteiger partial charge in [-0.3, -0.25) is 0 Å². The first kappa shape index (κ1) is 25.8. The average Bonchev–Trinajstić information content (AvgIpc) is 3.35. The zero-order chi connectivity index (χ0) is 26.9. The van der Waals surface area contributed by atoms with Crippen molar-refractivity contribution in [2.75, 3.05) is 0 Å². The molecule has 0 radical (unpaired) electrons. The van der Waals surface area contributed by atoms with E-state index in [1.165, 1.54) is 27.7 Å². The summed E-state index contributed by atoms with van der Waals surface area (Å²) in [6.45, 7) is 6.08. The van der Waals surface area contributed by atoms with E-state index in [0.29, 0.717) is 20.9 Å². The molecule has 0 N–H and O–H groups in total. The number of alkyl halides is 6. The monoisotopic (exact) mass is 548 g/mol. The Morgan fingerprint density at radius 1 is 0.514 bits per heavy atom. The van der Waals surface area contributed by atoms with Crippen LogP contribution >= 0.6 is 22.7 Å². The van der Waals surface area contributed by atoms with Gasteiger partial charge in [-0.25, -0.2) is 0 Å². The highest BCUT2D eigenvalue weighted by Gasteiger charge is 2.80. The van der Waals surface area contributed by atoms with Gasteiger partial charge in [0.2, 0.25) is 0 Å². The number of rotatable bonds is 4. The minimum atomic E-state index is -5.59. The minimum Gasteiger partial charge on any atom is -0.194 e. The number of thiophene rings is 2. The quantitative estimate of drug-likeness (QED) is 0.223. The predicted octanol–water partition coefficient (Wildman–Crippen LogP) is 10.2. The fraction of sp³-hybridized carbons (Fsp3) is 0.241. The third-order valence-electron chi connectivity index (χ3n) is 6.88. The standard InChI is InChI=1S/C29H22F6S2/c1-15-21(17(3)36-25(15)19-11-7-5-8-12-19)23-24(28(32,33)29(34,35)27(23,30)31)22-16(2)26(37-18(22)4)20-13-9-6-10-14-20/h5-14H,1-4H3. The van der Waals surface area contributed by atoms with Crippen molar-refractivity contribution < 1.29 is 26.3 Å². The second kappa shape index (κ2) is 8.60. The van der Waals surface area contributed by atoms with Gasteiger partial charge in [0, 0.05) is 41.8 Å². The summed E-state index contributed by atoms with van der Waals surface area (Å²) in [6, 6.07) is 17.7. The zero-order valence-electron chi connectivity index (χ0n) is 20.4. The fourth-order valence-corrected chi connectivity index (χ4v) is 7.51. The van der Waals surface area contributed by atoms with Crippen LogP contribution in [0.2, 0.25) is 0 Å². The highest BCUT2D eigenvalue weighted by atomic mass is 32.1. The van der Waals surface area contributed by atoms with Gasteiger partial charge in [-0.2, -0.15) is 26.3 Å². The van der Waals surface area contributed by atoms with Crippen LogP contribution in [0.5, 0.6) is 0 Å². The maximum atomic E-state index is 15.6. The van der Waals surface area contributed by atoms with Gasteiger partial charge < -0.3 is 0 Å². The van der Waals surface area contributed by atoms with E-state index < -0.39 is 28.9 Å². The molecule has 0 amide bonds. The van der Waals surface area contributed by atoms with E-state index >= 15 is 26.3 Å². The molecule has 0 nitrogen and oxygen atoms in total. The van der Waals surface area contributed by atoms with Crippen molar-refractivity contribution in [3.05, 3.63) is 92.7 Å². The molecule has 192 valence electrons. The Balaban J connectivity index is 1.87. The molecule has 0 saturated heterocycles. The Kier molecular flexibility index (Phi) is 5.99. The molecular formula is C29H22F6S2. The largest absolute Gasteiger partial charge is 0.380 e. The molecule has 1 aliphatic carbocycles. The highest BCUT2D eigenvalue weighted by Crippen LogP contribution is 2.67. The van der Waals surface area contributed by atoms with Crippen LogP contribution in [0.3, 0.4) is 0 Å². The van der Waals surface area contributed by atoms with Crippen molar-refractivity contribution in [2.24, 2.45) is 0 Å². The van der Waals surface area contributed by atoms with E-state index in [1.807, 2.05) is 0 Å². The van der Waals surface area contributed by atoms with Crippen molar-refractivity contribution in [3.8, 4) is 20.9 Å². The first-order valence-corrected chi connectivity index (χ1v) is 13.2. The SMILES string of the molecule is Cc1sc(-c2ccccc2)c(C)c1C1=C(c2c(C)sc(-c3ccccc3)c2C)C(F)(F)C(F)(F)C1(F)F. The van der Waals surface area contributed by atoms with Crippen LogP contribution in [0.4, 0.5) is 26.3 Å². The van der Waals surface area contributed by atoms with Crippen molar-refractivity contribution in [3.63, 3.8) is 0 Å². The lowest BCUT2D eigenvalue weighted by Gasteiger charge is -2.26. The van der Waals surface area contributed by atoms with Crippen LogP contribution in [-0.2, 0) is 0 Å². The molecule has 2 heterocycles. The number of hydrogen-bond acceptors (Lipinski definition) is 2. The fourth-order valence-electron chi connectivity index (χ4n) is 5.16. The second-order valence-corrected chi connectivity index (χ2v) is 11.6. The summed E-state index contributed by atoms with van der Waals surface area (Å²) in [5.41, 5.74) is -1.05. The van der Waals surface area contributed by atoms with Crippen molar-refractivity contribution >= 4 is 33.8 Å². The lowest BCUT2D eigenvalue weighted by molar-refractivity contribution is -0.254. The van der Waals surface area contributed by atoms with Crippen LogP contribution in [-0.4, -0.2) is 17.8 Å². The van der Waals surface area contributed by atoms with Crippen LogP contribution in [0.1, 0.15) is 32.0 Å². The summed E-state index contributed by atoms with van der Waals surface area (Å²) in [5.74, 6) is -15.7. The maximum absolute atomic E-state index is 15.6. The Morgan fingerprint density at radius 3 is 1.16 bits per heavy atom. The Morgan fingerprint density at radius 2 is 0.838 bits per heavy atom. The summed E-state index contributed by atoms with van der Waals surface area (Å²) in [4.78, 5) is 1.73. The van der Waals surface area contributed by atoms with Gasteiger partial charge in [-0.15, -0.1) is 22.7 Å². The Bertz CT molecular complexity index is 1410. The molecule has 0 bridgehead atoms. The summed E-state index contributed by atoms with van der Waals surface area (Å²) in [5, 5.41) is 0. The van der Waals surface area contributed by atoms with Gasteiger partial charge in [0.25, 0.3) is 0 Å². The number of halogens is 6. The topological polar surface area (TPSA) is 0 Å².